The Hall–Kier alpha value is -2.07. The largest absolute Gasteiger partial charge is 0.464 e. The Morgan fingerprint density at radius 3 is 2.37 bits per heavy atom. The molecule has 0 radical (unpaired) electrons. The summed E-state index contributed by atoms with van der Waals surface area (Å²) in [6, 6.07) is 6.49. The number of carbonyl (C=O) groups is 3. The number of ether oxygens (including phenoxy) is 1. The highest BCUT2D eigenvalue weighted by Gasteiger charge is 2.61. The van der Waals surface area contributed by atoms with Crippen LogP contribution in [0, 0.1) is 11.3 Å². The first-order valence-corrected chi connectivity index (χ1v) is 16.9. The number of amides is 1. The molecule has 7 nitrogen and oxygen atoms in total. The Morgan fingerprint density at radius 1 is 1.07 bits per heavy atom. The Morgan fingerprint density at radius 2 is 1.73 bits per heavy atom. The molecule has 1 amide bonds. The van der Waals surface area contributed by atoms with Crippen molar-refractivity contribution in [2.24, 2.45) is 16.3 Å². The van der Waals surface area contributed by atoms with Crippen LogP contribution in [0.2, 0.25) is 10.0 Å². The summed E-state index contributed by atoms with van der Waals surface area (Å²) >= 11 is 15.9. The molecule has 11 heteroatoms. The van der Waals surface area contributed by atoms with Gasteiger partial charge in [0.15, 0.2) is 11.8 Å². The van der Waals surface area contributed by atoms with Crippen LogP contribution in [-0.4, -0.2) is 57.1 Å². The molecule has 1 aliphatic heterocycles. The number of aliphatic imine (C=N–C) groups is 1. The van der Waals surface area contributed by atoms with E-state index in [4.69, 9.17) is 32.9 Å². The standard InChI is InChI=1S/C30H33Cl2N3O4S2/c1-2-39-28(38)22(15-18-7-9-19(10-8-18)34-27(37)23-20(31)16-33-17-21(23)32)35-25-24(29-40-13-6-14-41-29)26(36)30(25)11-4-3-5-12-30/h7-10,16-17,22,24,29H,2-6,11-15H2,1H3,(H,34,37). The van der Waals surface area contributed by atoms with E-state index in [0.29, 0.717) is 17.9 Å². The summed E-state index contributed by atoms with van der Waals surface area (Å²) in [6.07, 6.45) is 9.00. The van der Waals surface area contributed by atoms with Crippen LogP contribution in [-0.2, 0) is 20.7 Å². The fourth-order valence-corrected chi connectivity index (χ4v) is 9.60. The van der Waals surface area contributed by atoms with E-state index in [2.05, 4.69) is 10.3 Å². The first kappa shape index (κ1) is 30.4. The van der Waals surface area contributed by atoms with Gasteiger partial charge in [-0.2, -0.15) is 0 Å². The molecular weight excluding hydrogens is 601 g/mol. The fraction of sp³-hybridized carbons (Fsp3) is 0.500. The van der Waals surface area contributed by atoms with Gasteiger partial charge in [-0.3, -0.25) is 19.6 Å². The molecule has 41 heavy (non-hydrogen) atoms. The van der Waals surface area contributed by atoms with Crippen molar-refractivity contribution in [3.63, 3.8) is 0 Å². The summed E-state index contributed by atoms with van der Waals surface area (Å²) in [4.78, 5) is 48.6. The molecule has 3 fully saturated rings. The number of halogens is 2. The number of esters is 1. The maximum atomic E-state index is 13.7. The third-order valence-corrected chi connectivity index (χ3v) is 11.6. The lowest BCUT2D eigenvalue weighted by Gasteiger charge is -2.52. The quantitative estimate of drug-likeness (QED) is 0.316. The topological polar surface area (TPSA) is 97.7 Å². The van der Waals surface area contributed by atoms with E-state index < -0.39 is 17.4 Å². The van der Waals surface area contributed by atoms with Crippen molar-refractivity contribution in [3.8, 4) is 0 Å². The van der Waals surface area contributed by atoms with Gasteiger partial charge in [-0.25, -0.2) is 4.79 Å². The summed E-state index contributed by atoms with van der Waals surface area (Å²) in [5, 5.41) is 3.13. The van der Waals surface area contributed by atoms with Gasteiger partial charge in [0.25, 0.3) is 5.91 Å². The first-order valence-electron chi connectivity index (χ1n) is 14.1. The van der Waals surface area contributed by atoms with Crippen LogP contribution in [0.15, 0.2) is 41.7 Å². The van der Waals surface area contributed by atoms with Crippen LogP contribution in [0.3, 0.4) is 0 Å². The van der Waals surface area contributed by atoms with Crippen LogP contribution >= 0.6 is 46.7 Å². The molecule has 2 atom stereocenters. The number of carbonyl (C=O) groups excluding carboxylic acids is 3. The van der Waals surface area contributed by atoms with Crippen molar-refractivity contribution in [1.29, 1.82) is 0 Å². The van der Waals surface area contributed by atoms with E-state index in [9.17, 15) is 14.4 Å². The zero-order chi connectivity index (χ0) is 29.0. The molecule has 2 aliphatic carbocycles. The Bertz CT molecular complexity index is 1310. The minimum absolute atomic E-state index is 0.154. The lowest BCUT2D eigenvalue weighted by atomic mass is 9.53. The highest BCUT2D eigenvalue weighted by Crippen LogP contribution is 2.55. The minimum atomic E-state index is -0.743. The Balaban J connectivity index is 1.38. The van der Waals surface area contributed by atoms with Crippen molar-refractivity contribution in [2.45, 2.75) is 62.5 Å². The molecule has 0 bridgehead atoms. The number of thioether (sulfide) groups is 2. The molecule has 1 spiro atoms. The van der Waals surface area contributed by atoms with Gasteiger partial charge in [-0.05, 0) is 55.4 Å². The van der Waals surface area contributed by atoms with E-state index in [1.807, 2.05) is 35.7 Å². The van der Waals surface area contributed by atoms with Crippen molar-refractivity contribution in [1.82, 2.24) is 4.98 Å². The molecule has 2 saturated carbocycles. The number of Topliss-reactive ketones (excluding diaryl/α,β-unsaturated/α-hetero) is 1. The second-order valence-electron chi connectivity index (χ2n) is 10.6. The van der Waals surface area contributed by atoms with Gasteiger partial charge < -0.3 is 10.1 Å². The number of benzene rings is 1. The molecule has 2 unspecified atom stereocenters. The van der Waals surface area contributed by atoms with E-state index in [1.165, 1.54) is 12.4 Å². The molecule has 5 rings (SSSR count). The van der Waals surface area contributed by atoms with Gasteiger partial charge in [-0.15, -0.1) is 23.5 Å². The van der Waals surface area contributed by atoms with Crippen molar-refractivity contribution in [3.05, 3.63) is 57.8 Å². The molecule has 1 aromatic carbocycles. The maximum absolute atomic E-state index is 13.7. The number of pyridine rings is 1. The summed E-state index contributed by atoms with van der Waals surface area (Å²) in [5.41, 5.74) is 1.98. The van der Waals surface area contributed by atoms with Gasteiger partial charge in [0.2, 0.25) is 0 Å². The molecule has 1 saturated heterocycles. The Kier molecular flexibility index (Phi) is 10.00. The van der Waals surface area contributed by atoms with Gasteiger partial charge >= 0.3 is 5.97 Å². The third-order valence-electron chi connectivity index (χ3n) is 7.95. The summed E-state index contributed by atoms with van der Waals surface area (Å²) in [7, 11) is 0. The van der Waals surface area contributed by atoms with E-state index in [1.54, 1.807) is 19.1 Å². The average Bonchev–Trinajstić information content (AvgIpc) is 2.98. The van der Waals surface area contributed by atoms with Gasteiger partial charge in [0.1, 0.15) is 0 Å². The Labute approximate surface area is 259 Å². The first-order chi connectivity index (χ1) is 19.8. The number of rotatable bonds is 8. The lowest BCUT2D eigenvalue weighted by molar-refractivity contribution is -0.144. The number of aromatic nitrogens is 1. The van der Waals surface area contributed by atoms with Gasteiger partial charge in [0, 0.05) is 30.2 Å². The van der Waals surface area contributed by atoms with Gasteiger partial charge in [0.05, 0.1) is 38.1 Å². The molecule has 1 aromatic heterocycles. The highest BCUT2D eigenvalue weighted by atomic mass is 35.5. The second-order valence-corrected chi connectivity index (χ2v) is 14.2. The maximum Gasteiger partial charge on any atom is 0.331 e. The van der Waals surface area contributed by atoms with Crippen LogP contribution in [0.1, 0.15) is 61.4 Å². The smallest absolute Gasteiger partial charge is 0.331 e. The van der Waals surface area contributed by atoms with Crippen molar-refractivity contribution < 1.29 is 19.1 Å². The van der Waals surface area contributed by atoms with Crippen LogP contribution in [0.25, 0.3) is 0 Å². The molecule has 2 aromatic rings. The normalized spacial score (nSPS) is 22.3. The van der Waals surface area contributed by atoms with Crippen LogP contribution in [0.4, 0.5) is 5.69 Å². The number of nitrogens with zero attached hydrogens (tertiary/aromatic N) is 2. The fourth-order valence-electron chi connectivity index (χ4n) is 5.94. The van der Waals surface area contributed by atoms with Crippen molar-refractivity contribution >= 4 is 75.8 Å². The second kappa shape index (κ2) is 13.5. The molecule has 1 N–H and O–H groups in total. The van der Waals surface area contributed by atoms with Crippen molar-refractivity contribution in [2.75, 3.05) is 23.4 Å². The highest BCUT2D eigenvalue weighted by molar-refractivity contribution is 8.17. The molecular formula is C30H33Cl2N3O4S2. The monoisotopic (exact) mass is 633 g/mol. The lowest BCUT2D eigenvalue weighted by Crippen LogP contribution is -2.63. The van der Waals surface area contributed by atoms with E-state index in [0.717, 1.165) is 61.3 Å². The number of hydrogen-bond acceptors (Lipinski definition) is 8. The molecule has 218 valence electrons. The molecule has 3 aliphatic rings. The third kappa shape index (κ3) is 6.48. The van der Waals surface area contributed by atoms with Gasteiger partial charge in [-0.1, -0.05) is 54.6 Å². The number of anilines is 1. The molecule has 2 heterocycles. The van der Waals surface area contributed by atoms with E-state index >= 15 is 0 Å². The average molecular weight is 635 g/mol. The number of ketones is 1. The van der Waals surface area contributed by atoms with Crippen LogP contribution in [0.5, 0.6) is 0 Å². The van der Waals surface area contributed by atoms with E-state index in [-0.39, 0.29) is 38.7 Å². The number of nitrogens with one attached hydrogen (secondary N) is 1. The van der Waals surface area contributed by atoms with Crippen LogP contribution < -0.4 is 5.32 Å². The predicted molar refractivity (Wildman–Crippen MR) is 168 cm³/mol. The minimum Gasteiger partial charge on any atom is -0.464 e. The predicted octanol–water partition coefficient (Wildman–Crippen LogP) is 6.90. The zero-order valence-corrected chi connectivity index (χ0v) is 26.0. The zero-order valence-electron chi connectivity index (χ0n) is 22.9. The number of hydrogen-bond donors (Lipinski definition) is 1. The summed E-state index contributed by atoms with van der Waals surface area (Å²) in [6.45, 7) is 2.04. The summed E-state index contributed by atoms with van der Waals surface area (Å²) < 4.78 is 5.61. The SMILES string of the molecule is CCOC(=O)C(Cc1ccc(NC(=O)c2c(Cl)cncc2Cl)cc1)N=C1C(C2SCCCS2)C(=O)C12CCCCC2. The summed E-state index contributed by atoms with van der Waals surface area (Å²) in [5.74, 6) is 1.36.